The minimum absolute atomic E-state index is 0.665. The average molecular weight is 214 g/mol. The van der Waals surface area contributed by atoms with E-state index < -0.39 is 0 Å². The van der Waals surface area contributed by atoms with Crippen molar-refractivity contribution in [1.29, 1.82) is 0 Å². The molecule has 90 valence electrons. The highest BCUT2D eigenvalue weighted by molar-refractivity contribution is 4.73. The van der Waals surface area contributed by atoms with Crippen molar-refractivity contribution < 1.29 is 4.74 Å². The zero-order chi connectivity index (χ0) is 10.9. The van der Waals surface area contributed by atoms with E-state index in [2.05, 4.69) is 24.2 Å². The van der Waals surface area contributed by atoms with Crippen LogP contribution >= 0.6 is 0 Å². The van der Waals surface area contributed by atoms with Crippen LogP contribution in [0.2, 0.25) is 0 Å². The molecular formula is C12H26N2O. The lowest BCUT2D eigenvalue weighted by atomic mass is 10.0. The maximum absolute atomic E-state index is 5.71. The highest BCUT2D eigenvalue weighted by Gasteiger charge is 2.18. The van der Waals surface area contributed by atoms with Crippen LogP contribution in [0.4, 0.5) is 0 Å². The van der Waals surface area contributed by atoms with Crippen LogP contribution in [0, 0.1) is 0 Å². The van der Waals surface area contributed by atoms with Gasteiger partial charge >= 0.3 is 0 Å². The summed E-state index contributed by atoms with van der Waals surface area (Å²) in [6.45, 7) is 7.34. The van der Waals surface area contributed by atoms with E-state index in [-0.39, 0.29) is 0 Å². The molecule has 0 aliphatic carbocycles. The maximum Gasteiger partial charge on any atom is 0.0621 e. The highest BCUT2D eigenvalue weighted by atomic mass is 16.5. The second-order valence-corrected chi connectivity index (χ2v) is 4.41. The monoisotopic (exact) mass is 214 g/mol. The Morgan fingerprint density at radius 3 is 3.00 bits per heavy atom. The van der Waals surface area contributed by atoms with E-state index in [0.717, 1.165) is 32.7 Å². The van der Waals surface area contributed by atoms with Gasteiger partial charge in [0, 0.05) is 12.6 Å². The van der Waals surface area contributed by atoms with Gasteiger partial charge in [-0.05, 0) is 45.9 Å². The summed E-state index contributed by atoms with van der Waals surface area (Å²) in [4.78, 5) is 2.44. The van der Waals surface area contributed by atoms with Gasteiger partial charge in [0.05, 0.1) is 6.61 Å². The highest BCUT2D eigenvalue weighted by Crippen LogP contribution is 2.14. The van der Waals surface area contributed by atoms with E-state index in [0.29, 0.717) is 6.04 Å². The molecule has 1 aliphatic rings. The smallest absolute Gasteiger partial charge is 0.0621 e. The van der Waals surface area contributed by atoms with E-state index in [1.165, 1.54) is 25.8 Å². The van der Waals surface area contributed by atoms with Gasteiger partial charge in [-0.15, -0.1) is 0 Å². The summed E-state index contributed by atoms with van der Waals surface area (Å²) < 4.78 is 5.71. The lowest BCUT2D eigenvalue weighted by Crippen LogP contribution is -2.39. The number of nitrogens with zero attached hydrogens (tertiary/aromatic N) is 1. The number of likely N-dealkylation sites (tertiary alicyclic amines) is 1. The molecule has 1 saturated heterocycles. The molecule has 0 spiro atoms. The van der Waals surface area contributed by atoms with Crippen molar-refractivity contribution in [2.24, 2.45) is 0 Å². The van der Waals surface area contributed by atoms with Crippen molar-refractivity contribution in [3.63, 3.8) is 0 Å². The Kier molecular flexibility index (Phi) is 6.98. The summed E-state index contributed by atoms with van der Waals surface area (Å²) in [5, 5.41) is 3.31. The molecule has 1 heterocycles. The fraction of sp³-hybridized carbons (Fsp3) is 1.00. The van der Waals surface area contributed by atoms with Gasteiger partial charge in [-0.3, -0.25) is 0 Å². The standard InChI is InChI=1S/C12H26N2O/c1-3-13-8-6-10-15-11-12-7-4-5-9-14(12)2/h12-13H,3-11H2,1-2H3. The van der Waals surface area contributed by atoms with Crippen molar-refractivity contribution in [2.45, 2.75) is 38.6 Å². The molecule has 3 heteroatoms. The van der Waals surface area contributed by atoms with Crippen LogP contribution in [-0.2, 0) is 4.74 Å². The number of nitrogens with one attached hydrogen (secondary N) is 1. The van der Waals surface area contributed by atoms with Crippen LogP contribution in [0.5, 0.6) is 0 Å². The zero-order valence-electron chi connectivity index (χ0n) is 10.3. The third-order valence-electron chi connectivity index (χ3n) is 3.12. The van der Waals surface area contributed by atoms with Gasteiger partial charge in [0.1, 0.15) is 0 Å². The predicted octanol–water partition coefficient (Wildman–Crippen LogP) is 1.49. The molecule has 3 nitrogen and oxygen atoms in total. The summed E-state index contributed by atoms with van der Waals surface area (Å²) >= 11 is 0. The van der Waals surface area contributed by atoms with Gasteiger partial charge < -0.3 is 15.0 Å². The first-order chi connectivity index (χ1) is 7.34. The topological polar surface area (TPSA) is 24.5 Å². The van der Waals surface area contributed by atoms with Gasteiger partial charge in [-0.25, -0.2) is 0 Å². The van der Waals surface area contributed by atoms with E-state index >= 15 is 0 Å². The SMILES string of the molecule is CCNCCCOCC1CCCCN1C. The van der Waals surface area contributed by atoms with Gasteiger partial charge in [0.2, 0.25) is 0 Å². The molecule has 1 atom stereocenters. The Labute approximate surface area is 94.2 Å². The molecular weight excluding hydrogens is 188 g/mol. The summed E-state index contributed by atoms with van der Waals surface area (Å²) in [5.74, 6) is 0. The summed E-state index contributed by atoms with van der Waals surface area (Å²) in [6, 6.07) is 0.665. The lowest BCUT2D eigenvalue weighted by molar-refractivity contribution is 0.0520. The molecule has 0 bridgehead atoms. The molecule has 15 heavy (non-hydrogen) atoms. The van der Waals surface area contributed by atoms with Crippen molar-refractivity contribution in [3.8, 4) is 0 Å². The molecule has 1 N–H and O–H groups in total. The number of piperidine rings is 1. The van der Waals surface area contributed by atoms with E-state index in [1.807, 2.05) is 0 Å². The normalized spacial score (nSPS) is 23.2. The molecule has 0 aromatic carbocycles. The van der Waals surface area contributed by atoms with Crippen molar-refractivity contribution in [1.82, 2.24) is 10.2 Å². The minimum Gasteiger partial charge on any atom is -0.380 e. The van der Waals surface area contributed by atoms with Crippen molar-refractivity contribution in [2.75, 3.05) is 39.9 Å². The average Bonchev–Trinajstić information content (AvgIpc) is 2.25. The lowest BCUT2D eigenvalue weighted by Gasteiger charge is -2.32. The number of hydrogen-bond donors (Lipinski definition) is 1. The Bertz CT molecular complexity index is 153. The molecule has 1 unspecified atom stereocenters. The second kappa shape index (κ2) is 8.08. The third-order valence-corrected chi connectivity index (χ3v) is 3.12. The van der Waals surface area contributed by atoms with Gasteiger partial charge in [-0.1, -0.05) is 13.3 Å². The quantitative estimate of drug-likeness (QED) is 0.650. The fourth-order valence-electron chi connectivity index (χ4n) is 2.05. The van der Waals surface area contributed by atoms with Crippen LogP contribution in [-0.4, -0.2) is 50.8 Å². The van der Waals surface area contributed by atoms with Crippen LogP contribution in [0.15, 0.2) is 0 Å². The number of ether oxygens (including phenoxy) is 1. The molecule has 1 aliphatic heterocycles. The third kappa shape index (κ3) is 5.50. The molecule has 1 rings (SSSR count). The Morgan fingerprint density at radius 2 is 2.27 bits per heavy atom. The molecule has 0 amide bonds. The molecule has 1 fully saturated rings. The van der Waals surface area contributed by atoms with Gasteiger partial charge in [-0.2, -0.15) is 0 Å². The van der Waals surface area contributed by atoms with Crippen molar-refractivity contribution in [3.05, 3.63) is 0 Å². The molecule has 0 aromatic rings. The Hall–Kier alpha value is -0.120. The minimum atomic E-state index is 0.665. The van der Waals surface area contributed by atoms with Gasteiger partial charge in [0.15, 0.2) is 0 Å². The Morgan fingerprint density at radius 1 is 1.40 bits per heavy atom. The number of hydrogen-bond acceptors (Lipinski definition) is 3. The summed E-state index contributed by atoms with van der Waals surface area (Å²) in [7, 11) is 2.21. The molecule has 0 saturated carbocycles. The molecule has 0 radical (unpaired) electrons. The number of likely N-dealkylation sites (N-methyl/N-ethyl adjacent to an activating group) is 1. The zero-order valence-corrected chi connectivity index (χ0v) is 10.3. The first-order valence-corrected chi connectivity index (χ1v) is 6.33. The summed E-state index contributed by atoms with van der Waals surface area (Å²) in [5.41, 5.74) is 0. The van der Waals surface area contributed by atoms with Crippen LogP contribution in [0.1, 0.15) is 32.6 Å². The maximum atomic E-state index is 5.71. The largest absolute Gasteiger partial charge is 0.380 e. The first kappa shape index (κ1) is 12.9. The molecule has 0 aromatic heterocycles. The summed E-state index contributed by atoms with van der Waals surface area (Å²) in [6.07, 6.45) is 5.16. The van der Waals surface area contributed by atoms with Crippen molar-refractivity contribution >= 4 is 0 Å². The first-order valence-electron chi connectivity index (χ1n) is 6.33. The van der Waals surface area contributed by atoms with Crippen LogP contribution in [0.25, 0.3) is 0 Å². The number of rotatable bonds is 7. The van der Waals surface area contributed by atoms with E-state index in [1.54, 1.807) is 0 Å². The van der Waals surface area contributed by atoms with E-state index in [9.17, 15) is 0 Å². The predicted molar refractivity (Wildman–Crippen MR) is 64.2 cm³/mol. The van der Waals surface area contributed by atoms with Crippen LogP contribution < -0.4 is 5.32 Å². The fourth-order valence-corrected chi connectivity index (χ4v) is 2.05. The van der Waals surface area contributed by atoms with Gasteiger partial charge in [0.25, 0.3) is 0 Å². The van der Waals surface area contributed by atoms with E-state index in [4.69, 9.17) is 4.74 Å². The Balaban J connectivity index is 1.94. The second-order valence-electron chi connectivity index (χ2n) is 4.41. The van der Waals surface area contributed by atoms with Crippen LogP contribution in [0.3, 0.4) is 0 Å².